The van der Waals surface area contributed by atoms with E-state index in [9.17, 15) is 18.0 Å². The van der Waals surface area contributed by atoms with Gasteiger partial charge in [0, 0.05) is 29.5 Å². The highest BCUT2D eigenvalue weighted by molar-refractivity contribution is 7.07. The number of hydrogen-bond donors (Lipinski definition) is 1. The standard InChI is InChI=1S/C22H25N3O3S.C2HF3O2/c1-16-2-3-18-12-20(4-5-21(18)24-16)27-11-8-17-6-9-25(10-7-17)22(26)28-13-19-14-29-15-23-19;3-2(4,5)1(6)7/h2-5,12,14-15,17H,6-11,13H2,1H3;(H,6,7). The Hall–Kier alpha value is -3.41. The van der Waals surface area contributed by atoms with Gasteiger partial charge in [-0.1, -0.05) is 6.07 Å². The number of likely N-dealkylation sites (tertiary alicyclic amines) is 1. The molecule has 4 rings (SSSR count). The van der Waals surface area contributed by atoms with Crippen molar-refractivity contribution < 1.29 is 37.3 Å². The van der Waals surface area contributed by atoms with Crippen LogP contribution in [0.25, 0.3) is 10.9 Å². The van der Waals surface area contributed by atoms with Crippen LogP contribution in [-0.4, -0.2) is 57.9 Å². The third-order valence-corrected chi connectivity index (χ3v) is 6.17. The van der Waals surface area contributed by atoms with Gasteiger partial charge < -0.3 is 19.5 Å². The van der Waals surface area contributed by atoms with Gasteiger partial charge in [-0.25, -0.2) is 14.6 Å². The fourth-order valence-corrected chi connectivity index (χ4v) is 4.12. The van der Waals surface area contributed by atoms with Crippen molar-refractivity contribution in [1.82, 2.24) is 14.9 Å². The highest BCUT2D eigenvalue weighted by Crippen LogP contribution is 2.24. The van der Waals surface area contributed by atoms with Gasteiger partial charge in [-0.2, -0.15) is 13.2 Å². The number of hydrogen-bond acceptors (Lipinski definition) is 7. The van der Waals surface area contributed by atoms with Crippen LogP contribution in [-0.2, 0) is 16.1 Å². The molecule has 0 aliphatic carbocycles. The van der Waals surface area contributed by atoms with E-state index >= 15 is 0 Å². The quantitative estimate of drug-likeness (QED) is 0.457. The molecule has 12 heteroatoms. The molecule has 1 aliphatic heterocycles. The van der Waals surface area contributed by atoms with Crippen LogP contribution in [0.5, 0.6) is 5.75 Å². The van der Waals surface area contributed by atoms with Gasteiger partial charge in [0.2, 0.25) is 0 Å². The molecule has 0 radical (unpaired) electrons. The number of piperidine rings is 1. The summed E-state index contributed by atoms with van der Waals surface area (Å²) in [6, 6.07) is 10.1. The van der Waals surface area contributed by atoms with Crippen LogP contribution in [0.15, 0.2) is 41.2 Å². The predicted molar refractivity (Wildman–Crippen MR) is 127 cm³/mol. The number of aryl methyl sites for hydroxylation is 1. The lowest BCUT2D eigenvalue weighted by molar-refractivity contribution is -0.192. The summed E-state index contributed by atoms with van der Waals surface area (Å²) < 4.78 is 43.0. The van der Waals surface area contributed by atoms with E-state index in [-0.39, 0.29) is 12.7 Å². The second-order valence-corrected chi connectivity index (χ2v) is 8.93. The lowest BCUT2D eigenvalue weighted by Crippen LogP contribution is -2.39. The van der Waals surface area contributed by atoms with E-state index in [1.54, 1.807) is 10.4 Å². The zero-order valence-corrected chi connectivity index (χ0v) is 20.3. The Kier molecular flexibility index (Phi) is 9.45. The smallest absolute Gasteiger partial charge is 0.490 e. The van der Waals surface area contributed by atoms with Crippen LogP contribution in [0.1, 0.15) is 30.7 Å². The van der Waals surface area contributed by atoms with Crippen molar-refractivity contribution in [3.05, 3.63) is 52.6 Å². The SMILES string of the molecule is Cc1ccc2cc(OCCC3CCN(C(=O)OCc4cscn4)CC3)ccc2n1.O=C(O)C(F)(F)F. The van der Waals surface area contributed by atoms with Gasteiger partial charge in [0.05, 0.1) is 23.3 Å². The lowest BCUT2D eigenvalue weighted by Gasteiger charge is -2.31. The molecule has 0 unspecified atom stereocenters. The van der Waals surface area contributed by atoms with Crippen molar-refractivity contribution in [3.8, 4) is 5.75 Å². The maximum atomic E-state index is 12.2. The van der Waals surface area contributed by atoms with Crippen molar-refractivity contribution in [2.45, 2.75) is 39.0 Å². The Morgan fingerprint density at radius 2 is 1.92 bits per heavy atom. The minimum atomic E-state index is -5.08. The number of aliphatic carboxylic acids is 1. The molecule has 0 spiro atoms. The molecule has 1 fully saturated rings. The van der Waals surface area contributed by atoms with Crippen LogP contribution < -0.4 is 4.74 Å². The highest BCUT2D eigenvalue weighted by atomic mass is 32.1. The number of alkyl halides is 3. The number of carbonyl (C=O) groups is 2. The summed E-state index contributed by atoms with van der Waals surface area (Å²) >= 11 is 1.50. The largest absolute Gasteiger partial charge is 0.494 e. The number of benzene rings is 1. The van der Waals surface area contributed by atoms with Gasteiger partial charge in [0.1, 0.15) is 12.4 Å². The molecular formula is C24H26F3N3O5S. The van der Waals surface area contributed by atoms with Crippen molar-refractivity contribution in [1.29, 1.82) is 0 Å². The normalized spacial score (nSPS) is 14.2. The second kappa shape index (κ2) is 12.5. The third kappa shape index (κ3) is 8.36. The number of pyridine rings is 1. The molecule has 1 aromatic carbocycles. The first-order valence-corrected chi connectivity index (χ1v) is 12.1. The molecule has 1 amide bonds. The summed E-state index contributed by atoms with van der Waals surface area (Å²) in [4.78, 5) is 31.5. The molecule has 194 valence electrons. The molecule has 3 aromatic rings. The maximum absolute atomic E-state index is 12.2. The number of halogens is 3. The molecule has 3 heterocycles. The number of aromatic nitrogens is 2. The molecule has 1 aliphatic rings. The topological polar surface area (TPSA) is 102 Å². The number of rotatable bonds is 6. The third-order valence-electron chi connectivity index (χ3n) is 5.54. The molecule has 36 heavy (non-hydrogen) atoms. The van der Waals surface area contributed by atoms with Gasteiger partial charge in [-0.15, -0.1) is 11.3 Å². The van der Waals surface area contributed by atoms with Crippen LogP contribution >= 0.6 is 11.3 Å². The number of ether oxygens (including phenoxy) is 2. The monoisotopic (exact) mass is 525 g/mol. The molecule has 1 N–H and O–H groups in total. The number of thiazole rings is 1. The van der Waals surface area contributed by atoms with E-state index in [0.717, 1.165) is 60.4 Å². The summed E-state index contributed by atoms with van der Waals surface area (Å²) in [5.74, 6) is -1.30. The Morgan fingerprint density at radius 1 is 1.19 bits per heavy atom. The van der Waals surface area contributed by atoms with E-state index in [4.69, 9.17) is 19.4 Å². The Labute approximate surface area is 209 Å². The van der Waals surface area contributed by atoms with E-state index in [2.05, 4.69) is 16.0 Å². The molecular weight excluding hydrogens is 499 g/mol. The average molecular weight is 526 g/mol. The molecule has 8 nitrogen and oxygen atoms in total. The minimum absolute atomic E-state index is 0.243. The van der Waals surface area contributed by atoms with Gasteiger partial charge in [0.25, 0.3) is 0 Å². The van der Waals surface area contributed by atoms with E-state index in [0.29, 0.717) is 12.5 Å². The minimum Gasteiger partial charge on any atom is -0.494 e. The van der Waals surface area contributed by atoms with Gasteiger partial charge in [-0.3, -0.25) is 4.98 Å². The number of amides is 1. The Balaban J connectivity index is 0.000000454. The fraction of sp³-hybridized carbons (Fsp3) is 0.417. The van der Waals surface area contributed by atoms with Crippen molar-refractivity contribution in [2.24, 2.45) is 5.92 Å². The van der Waals surface area contributed by atoms with Crippen LogP contribution in [0.2, 0.25) is 0 Å². The summed E-state index contributed by atoms with van der Waals surface area (Å²) in [6.07, 6.45) is -2.37. The van der Waals surface area contributed by atoms with Crippen molar-refractivity contribution in [3.63, 3.8) is 0 Å². The van der Waals surface area contributed by atoms with Gasteiger partial charge in [-0.05, 0) is 56.4 Å². The Morgan fingerprint density at radius 3 is 2.56 bits per heavy atom. The van der Waals surface area contributed by atoms with E-state index < -0.39 is 12.1 Å². The number of fused-ring (bicyclic) bond motifs is 1. The number of carboxylic acid groups (broad SMARTS) is 1. The second-order valence-electron chi connectivity index (χ2n) is 8.21. The van der Waals surface area contributed by atoms with E-state index in [1.165, 1.54) is 11.3 Å². The number of nitrogens with zero attached hydrogens (tertiary/aromatic N) is 3. The van der Waals surface area contributed by atoms with Gasteiger partial charge in [0.15, 0.2) is 0 Å². The first kappa shape index (κ1) is 27.2. The highest BCUT2D eigenvalue weighted by Gasteiger charge is 2.38. The summed E-state index contributed by atoms with van der Waals surface area (Å²) in [5, 5.41) is 10.1. The predicted octanol–water partition coefficient (Wildman–Crippen LogP) is 5.45. The lowest BCUT2D eigenvalue weighted by atomic mass is 9.94. The van der Waals surface area contributed by atoms with Crippen LogP contribution in [0, 0.1) is 12.8 Å². The van der Waals surface area contributed by atoms with Crippen LogP contribution in [0.4, 0.5) is 18.0 Å². The zero-order chi connectivity index (χ0) is 26.1. The number of carbonyl (C=O) groups excluding carboxylic acids is 1. The molecule has 2 aromatic heterocycles. The molecule has 0 saturated carbocycles. The molecule has 0 bridgehead atoms. The zero-order valence-electron chi connectivity index (χ0n) is 19.5. The van der Waals surface area contributed by atoms with E-state index in [1.807, 2.05) is 36.6 Å². The average Bonchev–Trinajstić information content (AvgIpc) is 3.36. The molecule has 0 atom stereocenters. The summed E-state index contributed by atoms with van der Waals surface area (Å²) in [5.41, 5.74) is 4.55. The maximum Gasteiger partial charge on any atom is 0.490 e. The summed E-state index contributed by atoms with van der Waals surface area (Å²) in [7, 11) is 0. The van der Waals surface area contributed by atoms with Crippen molar-refractivity contribution >= 4 is 34.3 Å². The molecule has 1 saturated heterocycles. The first-order valence-electron chi connectivity index (χ1n) is 11.2. The van der Waals surface area contributed by atoms with Gasteiger partial charge >= 0.3 is 18.2 Å². The fourth-order valence-electron chi connectivity index (χ4n) is 3.58. The first-order chi connectivity index (χ1) is 17.1. The number of carboxylic acids is 1. The Bertz CT molecular complexity index is 1150. The van der Waals surface area contributed by atoms with Crippen molar-refractivity contribution in [2.75, 3.05) is 19.7 Å². The van der Waals surface area contributed by atoms with Crippen LogP contribution in [0.3, 0.4) is 0 Å². The summed E-state index contributed by atoms with van der Waals surface area (Å²) in [6.45, 7) is 4.40.